The van der Waals surface area contributed by atoms with Crippen LogP contribution < -0.4 is 0 Å². The zero-order valence-corrected chi connectivity index (χ0v) is 16.9. The third kappa shape index (κ3) is 19.6. The van der Waals surface area contributed by atoms with E-state index in [1.807, 2.05) is 11.9 Å². The molecule has 0 bridgehead atoms. The fourth-order valence-electron chi connectivity index (χ4n) is 2.96. The van der Waals surface area contributed by atoms with Crippen molar-refractivity contribution < 1.29 is 14.6 Å². The largest absolute Gasteiger partial charge is 0.574 e. The summed E-state index contributed by atoms with van der Waals surface area (Å²) in [5.41, 5.74) is 0. The molecule has 0 aromatic carbocycles. The van der Waals surface area contributed by atoms with Crippen LogP contribution in [0.15, 0.2) is 0 Å². The molecule has 0 aliphatic carbocycles. The second-order valence-electron chi connectivity index (χ2n) is 7.24. The molecule has 0 heterocycles. The number of hydrogen-bond acceptors (Lipinski definition) is 4. The van der Waals surface area contributed by atoms with Crippen LogP contribution in [0, 0.1) is 0 Å². The van der Waals surface area contributed by atoms with E-state index in [1.165, 1.54) is 70.6 Å². The lowest BCUT2D eigenvalue weighted by molar-refractivity contribution is -0.144. The molecule has 4 heteroatoms. The third-order valence-corrected chi connectivity index (χ3v) is 4.70. The Kier molecular flexibility index (Phi) is 19.2. The van der Waals surface area contributed by atoms with Crippen LogP contribution in [0.1, 0.15) is 96.8 Å². The van der Waals surface area contributed by atoms with Gasteiger partial charge in [0.15, 0.2) is 6.61 Å². The summed E-state index contributed by atoms with van der Waals surface area (Å²) in [6, 6.07) is 0. The molecule has 0 saturated heterocycles. The summed E-state index contributed by atoms with van der Waals surface area (Å²) >= 11 is 0. The quantitative estimate of drug-likeness (QED) is 0.202. The van der Waals surface area contributed by atoms with Crippen LogP contribution in [0.4, 0.5) is 0 Å². The molecule has 1 N–H and O–H groups in total. The average Bonchev–Trinajstić information content (AvgIpc) is 2.59. The van der Waals surface area contributed by atoms with Gasteiger partial charge in [-0.3, -0.25) is 4.90 Å². The second-order valence-corrected chi connectivity index (χ2v) is 7.24. The number of unbranched alkanes of at least 4 members (excludes halogenated alkanes) is 12. The molecule has 149 valence electrons. The Hall–Kier alpha value is -0.610. The number of carbonyl (C=O) groups is 1. The van der Waals surface area contributed by atoms with Gasteiger partial charge in [0.25, 0.3) is 0 Å². The van der Waals surface area contributed by atoms with Crippen LogP contribution in [0.25, 0.3) is 0 Å². The second kappa shape index (κ2) is 19.7. The van der Waals surface area contributed by atoms with Crippen molar-refractivity contribution in [3.63, 3.8) is 0 Å². The molecular formula is C21H43NO3+. The first-order valence-corrected chi connectivity index (χ1v) is 10.7. The van der Waals surface area contributed by atoms with Crippen LogP contribution in [0.3, 0.4) is 0 Å². The van der Waals surface area contributed by atoms with E-state index in [-0.39, 0.29) is 12.6 Å². The van der Waals surface area contributed by atoms with Gasteiger partial charge in [-0.1, -0.05) is 84.0 Å². The predicted octanol–water partition coefficient (Wildman–Crippen LogP) is 4.94. The van der Waals surface area contributed by atoms with Gasteiger partial charge in [-0.15, -0.1) is 0 Å². The molecule has 1 radical (unpaired) electrons. The van der Waals surface area contributed by atoms with E-state index in [9.17, 15) is 4.79 Å². The fraction of sp³-hybridized carbons (Fsp3) is 0.952. The molecule has 0 saturated carbocycles. The zero-order valence-electron chi connectivity index (χ0n) is 16.9. The Morgan fingerprint density at radius 3 is 1.76 bits per heavy atom. The minimum Gasteiger partial charge on any atom is -0.395 e. The normalized spacial score (nSPS) is 11.2. The predicted molar refractivity (Wildman–Crippen MR) is 106 cm³/mol. The lowest BCUT2D eigenvalue weighted by Gasteiger charge is -2.11. The van der Waals surface area contributed by atoms with Gasteiger partial charge in [0.1, 0.15) is 6.42 Å². The Bertz CT molecular complexity index is 284. The van der Waals surface area contributed by atoms with Gasteiger partial charge in [-0.05, 0) is 13.5 Å². The number of hydrogen-bond donors (Lipinski definition) is 1. The van der Waals surface area contributed by atoms with E-state index >= 15 is 0 Å². The smallest absolute Gasteiger partial charge is 0.395 e. The number of rotatable bonds is 19. The molecule has 0 aliphatic heterocycles. The topological polar surface area (TPSA) is 52.6 Å². The molecule has 0 aromatic rings. The number of aliphatic hydroxyl groups excluding tert-OH is 1. The van der Waals surface area contributed by atoms with Crippen LogP contribution in [-0.4, -0.2) is 49.3 Å². The first kappa shape index (κ1) is 24.4. The van der Waals surface area contributed by atoms with Gasteiger partial charge in [-0.2, -0.15) is 0 Å². The number of nitrogens with zero attached hydrogens (tertiary/aromatic N) is 1. The van der Waals surface area contributed by atoms with Crippen LogP contribution in [-0.2, 0) is 9.53 Å². The van der Waals surface area contributed by atoms with E-state index in [0.717, 1.165) is 12.8 Å². The Labute approximate surface area is 156 Å². The van der Waals surface area contributed by atoms with Crippen molar-refractivity contribution in [2.24, 2.45) is 0 Å². The summed E-state index contributed by atoms with van der Waals surface area (Å²) in [7, 11) is 1.91. The summed E-state index contributed by atoms with van der Waals surface area (Å²) in [5.74, 6) is -0.0829. The molecule has 0 amide bonds. The van der Waals surface area contributed by atoms with Crippen LogP contribution in [0.5, 0.6) is 0 Å². The first-order valence-electron chi connectivity index (χ1n) is 10.7. The van der Waals surface area contributed by atoms with E-state index in [2.05, 4.69) is 6.92 Å². The maximum absolute atomic E-state index is 11.6. The van der Waals surface area contributed by atoms with E-state index in [0.29, 0.717) is 26.1 Å². The molecule has 0 atom stereocenters. The van der Waals surface area contributed by atoms with E-state index in [1.54, 1.807) is 0 Å². The highest BCUT2D eigenvalue weighted by Gasteiger charge is 2.15. The van der Waals surface area contributed by atoms with Crippen molar-refractivity contribution in [1.29, 1.82) is 0 Å². The highest BCUT2D eigenvalue weighted by Crippen LogP contribution is 2.13. The maximum atomic E-state index is 11.6. The highest BCUT2D eigenvalue weighted by atomic mass is 16.5. The van der Waals surface area contributed by atoms with Crippen molar-refractivity contribution >= 4 is 5.97 Å². The Balaban J connectivity index is 3.18. The summed E-state index contributed by atoms with van der Waals surface area (Å²) < 4.78 is 5.20. The van der Waals surface area contributed by atoms with Crippen molar-refractivity contribution in [3.8, 4) is 0 Å². The highest BCUT2D eigenvalue weighted by molar-refractivity contribution is 5.69. The monoisotopic (exact) mass is 357 g/mol. The average molecular weight is 358 g/mol. The Morgan fingerprint density at radius 1 is 0.800 bits per heavy atom. The molecule has 0 aromatic heterocycles. The maximum Gasteiger partial charge on any atom is 0.574 e. The standard InChI is InChI=1S/C21H43NO3/c1-3-4-5-6-7-8-9-10-11-12-13-14-15-16-21(24)25-20-18-22(2)17-19-23/h23H,3-20H2,1-2H3/q+1. The molecule has 0 fully saturated rings. The van der Waals surface area contributed by atoms with Crippen LogP contribution >= 0.6 is 0 Å². The molecule has 0 spiro atoms. The minimum atomic E-state index is -0.0829. The van der Waals surface area contributed by atoms with Crippen molar-refractivity contribution in [2.45, 2.75) is 96.8 Å². The summed E-state index contributed by atoms with van der Waals surface area (Å²) in [5, 5.41) is 8.78. The molecular weight excluding hydrogens is 314 g/mol. The van der Waals surface area contributed by atoms with Crippen molar-refractivity contribution in [1.82, 2.24) is 4.90 Å². The van der Waals surface area contributed by atoms with Gasteiger partial charge in [0.05, 0.1) is 13.2 Å². The lowest BCUT2D eigenvalue weighted by Crippen LogP contribution is -2.27. The number of ether oxygens (including phenoxy) is 1. The van der Waals surface area contributed by atoms with Gasteiger partial charge in [-0.25, -0.2) is 0 Å². The van der Waals surface area contributed by atoms with Crippen molar-refractivity contribution in [2.75, 3.05) is 33.4 Å². The fourth-order valence-corrected chi connectivity index (χ4v) is 2.96. The van der Waals surface area contributed by atoms with E-state index in [4.69, 9.17) is 9.84 Å². The zero-order chi connectivity index (χ0) is 18.6. The SMILES string of the molecule is CCCCCCCCCCCCCCCC(=[O+])OCCN(C)CCO. The summed E-state index contributed by atoms with van der Waals surface area (Å²) in [6.45, 7) is 4.14. The number of esters is 1. The minimum absolute atomic E-state index is 0.0829. The van der Waals surface area contributed by atoms with E-state index < -0.39 is 0 Å². The van der Waals surface area contributed by atoms with Gasteiger partial charge in [0.2, 0.25) is 0 Å². The first-order chi connectivity index (χ1) is 12.2. The Morgan fingerprint density at radius 2 is 1.28 bits per heavy atom. The summed E-state index contributed by atoms with van der Waals surface area (Å²) in [4.78, 5) is 13.6. The number of likely N-dealkylation sites (N-methyl/N-ethyl adjacent to an activating group) is 1. The molecule has 0 unspecified atom stereocenters. The number of carbonyl (C=O) groups excluding carboxylic acids is 1. The summed E-state index contributed by atoms with van der Waals surface area (Å²) in [6.07, 6.45) is 17.7. The van der Waals surface area contributed by atoms with Crippen molar-refractivity contribution in [3.05, 3.63) is 0 Å². The molecule has 25 heavy (non-hydrogen) atoms. The van der Waals surface area contributed by atoms with Gasteiger partial charge >= 0.3 is 5.97 Å². The van der Waals surface area contributed by atoms with Gasteiger partial charge < -0.3 is 9.84 Å². The molecule has 0 rings (SSSR count). The lowest BCUT2D eigenvalue weighted by atomic mass is 10.0. The van der Waals surface area contributed by atoms with Gasteiger partial charge in [0, 0.05) is 11.3 Å². The third-order valence-electron chi connectivity index (χ3n) is 4.70. The molecule has 0 aliphatic rings. The number of aliphatic hydroxyl groups is 1. The molecule has 4 nitrogen and oxygen atoms in total. The van der Waals surface area contributed by atoms with Crippen LogP contribution in [0.2, 0.25) is 0 Å².